The molecule has 0 unspecified atom stereocenters. The number of hydrogen-bond donors (Lipinski definition) is 2. The molecule has 13 heavy (non-hydrogen) atoms. The van der Waals surface area contributed by atoms with Crippen molar-refractivity contribution in [1.29, 1.82) is 0 Å². The van der Waals surface area contributed by atoms with Gasteiger partial charge in [-0.15, -0.1) is 0 Å². The molecule has 0 fully saturated rings. The van der Waals surface area contributed by atoms with Gasteiger partial charge in [0.25, 0.3) is 6.43 Å². The number of rotatable bonds is 3. The molecular formula is C8H11F2N3. The van der Waals surface area contributed by atoms with Crippen LogP contribution in [0.4, 0.5) is 20.3 Å². The van der Waals surface area contributed by atoms with E-state index in [1.54, 1.807) is 13.0 Å². The Labute approximate surface area is 75.0 Å². The van der Waals surface area contributed by atoms with Gasteiger partial charge in [-0.05, 0) is 18.6 Å². The van der Waals surface area contributed by atoms with E-state index >= 15 is 0 Å². The van der Waals surface area contributed by atoms with Gasteiger partial charge in [0, 0.05) is 0 Å². The van der Waals surface area contributed by atoms with Crippen molar-refractivity contribution in [2.24, 2.45) is 0 Å². The average molecular weight is 187 g/mol. The maximum atomic E-state index is 11.8. The standard InChI is InChI=1S/C8H11F2N3/c1-5-2-8(12-3-6(5)11)13-4-7(9)10/h2-3,7H,4,11H2,1H3,(H,12,13). The van der Waals surface area contributed by atoms with Gasteiger partial charge in [-0.3, -0.25) is 0 Å². The highest BCUT2D eigenvalue weighted by Gasteiger charge is 2.02. The van der Waals surface area contributed by atoms with Gasteiger partial charge in [0.1, 0.15) is 5.82 Å². The van der Waals surface area contributed by atoms with Gasteiger partial charge in [0.05, 0.1) is 18.4 Å². The summed E-state index contributed by atoms with van der Waals surface area (Å²) in [4.78, 5) is 3.84. The molecule has 1 rings (SSSR count). The molecule has 0 radical (unpaired) electrons. The number of nitrogens with zero attached hydrogens (tertiary/aromatic N) is 1. The normalized spacial score (nSPS) is 10.5. The molecule has 3 nitrogen and oxygen atoms in total. The Morgan fingerprint density at radius 3 is 2.85 bits per heavy atom. The number of halogens is 2. The van der Waals surface area contributed by atoms with Gasteiger partial charge < -0.3 is 11.1 Å². The summed E-state index contributed by atoms with van der Waals surface area (Å²) in [6.45, 7) is 1.40. The van der Waals surface area contributed by atoms with Crippen LogP contribution < -0.4 is 11.1 Å². The second-order valence-electron chi connectivity index (χ2n) is 2.70. The van der Waals surface area contributed by atoms with Crippen LogP contribution in [0.15, 0.2) is 12.3 Å². The van der Waals surface area contributed by atoms with Crippen molar-refractivity contribution < 1.29 is 8.78 Å². The number of nitrogens with two attached hydrogens (primary N) is 1. The summed E-state index contributed by atoms with van der Waals surface area (Å²) in [5, 5.41) is 2.50. The fourth-order valence-corrected chi connectivity index (χ4v) is 0.845. The fraction of sp³-hybridized carbons (Fsp3) is 0.375. The first-order valence-corrected chi connectivity index (χ1v) is 3.83. The van der Waals surface area contributed by atoms with E-state index in [-0.39, 0.29) is 0 Å². The molecule has 5 heteroatoms. The lowest BCUT2D eigenvalue weighted by Gasteiger charge is -2.06. The van der Waals surface area contributed by atoms with E-state index in [0.29, 0.717) is 11.5 Å². The predicted molar refractivity (Wildman–Crippen MR) is 47.9 cm³/mol. The lowest BCUT2D eigenvalue weighted by molar-refractivity contribution is 0.163. The minimum atomic E-state index is -2.38. The number of aromatic nitrogens is 1. The molecule has 0 aliphatic carbocycles. The van der Waals surface area contributed by atoms with Crippen LogP contribution in [0, 0.1) is 6.92 Å². The van der Waals surface area contributed by atoms with Crippen LogP contribution in [0.5, 0.6) is 0 Å². The van der Waals surface area contributed by atoms with Crippen LogP contribution in [-0.4, -0.2) is 18.0 Å². The second kappa shape index (κ2) is 4.02. The molecule has 0 atom stereocenters. The number of anilines is 2. The molecule has 0 bridgehead atoms. The third-order valence-electron chi connectivity index (χ3n) is 1.59. The summed E-state index contributed by atoms with van der Waals surface area (Å²) in [7, 11) is 0. The number of nitrogens with one attached hydrogen (secondary N) is 1. The predicted octanol–water partition coefficient (Wildman–Crippen LogP) is 1.65. The third-order valence-corrected chi connectivity index (χ3v) is 1.59. The van der Waals surface area contributed by atoms with Gasteiger partial charge in [-0.1, -0.05) is 0 Å². The Kier molecular flexibility index (Phi) is 3.00. The molecule has 0 spiro atoms. The van der Waals surface area contributed by atoms with E-state index in [2.05, 4.69) is 10.3 Å². The quantitative estimate of drug-likeness (QED) is 0.756. The Balaban J connectivity index is 2.63. The van der Waals surface area contributed by atoms with Crippen LogP contribution in [0.2, 0.25) is 0 Å². The van der Waals surface area contributed by atoms with Crippen LogP contribution in [0.3, 0.4) is 0 Å². The largest absolute Gasteiger partial charge is 0.397 e. The number of alkyl halides is 2. The summed E-state index contributed by atoms with van der Waals surface area (Å²) >= 11 is 0. The first-order chi connectivity index (χ1) is 6.09. The van der Waals surface area contributed by atoms with E-state index in [1.165, 1.54) is 6.20 Å². The molecule has 0 amide bonds. The van der Waals surface area contributed by atoms with E-state index in [4.69, 9.17) is 5.73 Å². The third kappa shape index (κ3) is 2.85. The summed E-state index contributed by atoms with van der Waals surface area (Å²) in [6.07, 6.45) is -0.928. The zero-order chi connectivity index (χ0) is 9.84. The highest BCUT2D eigenvalue weighted by atomic mass is 19.3. The molecule has 0 saturated heterocycles. The maximum absolute atomic E-state index is 11.8. The minimum Gasteiger partial charge on any atom is -0.397 e. The van der Waals surface area contributed by atoms with E-state index in [1.807, 2.05) is 0 Å². The zero-order valence-electron chi connectivity index (χ0n) is 7.22. The summed E-state index contributed by atoms with van der Waals surface area (Å²) in [6, 6.07) is 1.64. The fourth-order valence-electron chi connectivity index (χ4n) is 0.845. The number of hydrogen-bond acceptors (Lipinski definition) is 3. The Morgan fingerprint density at radius 2 is 2.31 bits per heavy atom. The van der Waals surface area contributed by atoms with Crippen LogP contribution >= 0.6 is 0 Å². The van der Waals surface area contributed by atoms with Gasteiger partial charge in [0.2, 0.25) is 0 Å². The first kappa shape index (κ1) is 9.70. The zero-order valence-corrected chi connectivity index (χ0v) is 7.22. The molecule has 3 N–H and O–H groups in total. The Bertz CT molecular complexity index is 289. The first-order valence-electron chi connectivity index (χ1n) is 3.83. The topological polar surface area (TPSA) is 50.9 Å². The monoisotopic (exact) mass is 187 g/mol. The van der Waals surface area contributed by atoms with E-state index in [9.17, 15) is 8.78 Å². The van der Waals surface area contributed by atoms with Crippen molar-refractivity contribution in [2.45, 2.75) is 13.3 Å². The summed E-state index contributed by atoms with van der Waals surface area (Å²) < 4.78 is 23.6. The molecule has 0 aliphatic rings. The summed E-state index contributed by atoms with van der Waals surface area (Å²) in [5.74, 6) is 0.423. The van der Waals surface area contributed by atoms with E-state index < -0.39 is 13.0 Å². The Morgan fingerprint density at radius 1 is 1.62 bits per heavy atom. The van der Waals surface area contributed by atoms with Crippen LogP contribution in [0.1, 0.15) is 5.56 Å². The maximum Gasteiger partial charge on any atom is 0.255 e. The van der Waals surface area contributed by atoms with Crippen molar-refractivity contribution in [3.05, 3.63) is 17.8 Å². The molecule has 1 aromatic heterocycles. The highest BCUT2D eigenvalue weighted by molar-refractivity contribution is 5.50. The van der Waals surface area contributed by atoms with Gasteiger partial charge in [-0.2, -0.15) is 0 Å². The lowest BCUT2D eigenvalue weighted by Crippen LogP contribution is -2.11. The summed E-state index contributed by atoms with van der Waals surface area (Å²) in [5.41, 5.74) is 6.89. The van der Waals surface area contributed by atoms with Crippen molar-refractivity contribution in [2.75, 3.05) is 17.6 Å². The molecule has 1 aromatic rings. The SMILES string of the molecule is Cc1cc(NCC(F)F)ncc1N. The van der Waals surface area contributed by atoms with E-state index in [0.717, 1.165) is 5.56 Å². The number of pyridine rings is 1. The van der Waals surface area contributed by atoms with Crippen molar-refractivity contribution in [1.82, 2.24) is 4.98 Å². The minimum absolute atomic E-state index is 0.393. The van der Waals surface area contributed by atoms with Gasteiger partial charge in [-0.25, -0.2) is 13.8 Å². The molecule has 0 saturated carbocycles. The number of nitrogen functional groups attached to an aromatic ring is 1. The highest BCUT2D eigenvalue weighted by Crippen LogP contribution is 2.13. The average Bonchev–Trinajstić information content (AvgIpc) is 2.07. The molecule has 0 aromatic carbocycles. The number of aryl methyl sites for hydroxylation is 1. The lowest BCUT2D eigenvalue weighted by atomic mass is 10.2. The van der Waals surface area contributed by atoms with Gasteiger partial charge >= 0.3 is 0 Å². The molecule has 72 valence electrons. The van der Waals surface area contributed by atoms with Crippen molar-refractivity contribution in [3.8, 4) is 0 Å². The van der Waals surface area contributed by atoms with Crippen molar-refractivity contribution >= 4 is 11.5 Å². The van der Waals surface area contributed by atoms with Crippen LogP contribution in [-0.2, 0) is 0 Å². The second-order valence-corrected chi connectivity index (χ2v) is 2.70. The smallest absolute Gasteiger partial charge is 0.255 e. The molecule has 1 heterocycles. The van der Waals surface area contributed by atoms with Crippen molar-refractivity contribution in [3.63, 3.8) is 0 Å². The molecule has 0 aliphatic heterocycles. The van der Waals surface area contributed by atoms with Gasteiger partial charge in [0.15, 0.2) is 0 Å². The van der Waals surface area contributed by atoms with Crippen LogP contribution in [0.25, 0.3) is 0 Å². The Hall–Kier alpha value is -1.39. The molecular weight excluding hydrogens is 176 g/mol.